The highest BCUT2D eigenvalue weighted by atomic mass is 16.2. The van der Waals surface area contributed by atoms with Crippen LogP contribution in [0, 0.1) is 5.92 Å². The summed E-state index contributed by atoms with van der Waals surface area (Å²) in [6.07, 6.45) is 7.92. The van der Waals surface area contributed by atoms with Crippen LogP contribution in [-0.4, -0.2) is 53.5 Å². The molecule has 2 unspecified atom stereocenters. The predicted molar refractivity (Wildman–Crippen MR) is 128 cm³/mol. The fraction of sp³-hybridized carbons (Fsp3) is 0.440. The highest BCUT2D eigenvalue weighted by Gasteiger charge is 2.29. The van der Waals surface area contributed by atoms with Crippen molar-refractivity contribution < 1.29 is 4.79 Å². The molecule has 6 rings (SSSR count). The van der Waals surface area contributed by atoms with Crippen molar-refractivity contribution in [3.05, 3.63) is 42.2 Å². The van der Waals surface area contributed by atoms with Crippen LogP contribution in [0.5, 0.6) is 0 Å². The van der Waals surface area contributed by atoms with Crippen LogP contribution >= 0.6 is 0 Å². The lowest BCUT2D eigenvalue weighted by Crippen LogP contribution is -2.50. The van der Waals surface area contributed by atoms with Gasteiger partial charge in [-0.3, -0.25) is 4.79 Å². The molecular weight excluding hydrogens is 414 g/mol. The Morgan fingerprint density at radius 3 is 2.82 bits per heavy atom. The Morgan fingerprint density at radius 1 is 1.15 bits per heavy atom. The normalized spacial score (nSPS) is 21.2. The highest BCUT2D eigenvalue weighted by Crippen LogP contribution is 2.35. The third-order valence-corrected chi connectivity index (χ3v) is 7.16. The molecule has 5 heterocycles. The first-order chi connectivity index (χ1) is 16.0. The third-order valence-electron chi connectivity index (χ3n) is 7.16. The Morgan fingerprint density at radius 2 is 2.00 bits per heavy atom. The van der Waals surface area contributed by atoms with Crippen LogP contribution < -0.4 is 5.73 Å². The maximum Gasteiger partial charge on any atom is 0.255 e. The third kappa shape index (κ3) is 3.49. The van der Waals surface area contributed by atoms with Gasteiger partial charge in [0.2, 0.25) is 0 Å². The van der Waals surface area contributed by atoms with Gasteiger partial charge < -0.3 is 19.8 Å². The molecule has 4 aromatic heterocycles. The number of rotatable bonds is 4. The van der Waals surface area contributed by atoms with E-state index in [4.69, 9.17) is 10.7 Å². The molecule has 2 atom stereocenters. The number of carbonyl (C=O) groups is 1. The van der Waals surface area contributed by atoms with E-state index >= 15 is 0 Å². The van der Waals surface area contributed by atoms with Crippen molar-refractivity contribution in [1.29, 1.82) is 0 Å². The molecule has 1 aliphatic heterocycles. The van der Waals surface area contributed by atoms with E-state index in [1.807, 2.05) is 34.8 Å². The Kier molecular flexibility index (Phi) is 4.72. The fourth-order valence-corrected chi connectivity index (χ4v) is 5.02. The van der Waals surface area contributed by atoms with Crippen molar-refractivity contribution >= 4 is 28.1 Å². The number of imidazole rings is 1. The predicted octanol–water partition coefficient (Wildman–Crippen LogP) is 3.35. The van der Waals surface area contributed by atoms with E-state index in [9.17, 15) is 4.79 Å². The number of carbonyl (C=O) groups excluding carboxylic acids is 1. The van der Waals surface area contributed by atoms with Crippen molar-refractivity contribution in [1.82, 2.24) is 29.0 Å². The molecule has 0 aromatic carbocycles. The minimum Gasteiger partial charge on any atom is -0.334 e. The standard InChI is InChI=1S/C25H29N7O/c1-15-5-8-19(26)14-31(15)25(33)18-10-20-23(28-12-18)30(2)24(29-20)21-11-17-4-3-9-27-22(17)32(21)13-16-6-7-16/h3-4,9-12,15-16,19H,5-8,13-14,26H2,1-2H3. The summed E-state index contributed by atoms with van der Waals surface area (Å²) < 4.78 is 4.30. The van der Waals surface area contributed by atoms with Gasteiger partial charge in [-0.25, -0.2) is 15.0 Å². The Labute approximate surface area is 192 Å². The van der Waals surface area contributed by atoms with Crippen molar-refractivity contribution in [2.75, 3.05) is 6.54 Å². The molecule has 0 bridgehead atoms. The van der Waals surface area contributed by atoms with Gasteiger partial charge in [0.25, 0.3) is 5.91 Å². The zero-order chi connectivity index (χ0) is 22.7. The highest BCUT2D eigenvalue weighted by molar-refractivity contribution is 5.97. The first kappa shape index (κ1) is 20.4. The number of likely N-dealkylation sites (tertiary alicyclic amines) is 1. The van der Waals surface area contributed by atoms with Gasteiger partial charge in [-0.2, -0.15) is 0 Å². The van der Waals surface area contributed by atoms with E-state index in [1.54, 1.807) is 6.20 Å². The molecule has 8 heteroatoms. The van der Waals surface area contributed by atoms with Gasteiger partial charge in [0.15, 0.2) is 11.5 Å². The van der Waals surface area contributed by atoms with Gasteiger partial charge >= 0.3 is 0 Å². The number of aromatic nitrogens is 5. The number of fused-ring (bicyclic) bond motifs is 2. The SMILES string of the molecule is CC1CCC(N)CN1C(=O)c1cnc2c(c1)nc(-c1cc3cccnc3n1CC1CC1)n2C. The second-order valence-electron chi connectivity index (χ2n) is 9.70. The number of amides is 1. The number of piperidine rings is 1. The molecule has 2 fully saturated rings. The van der Waals surface area contributed by atoms with Crippen molar-refractivity contribution in [2.24, 2.45) is 18.7 Å². The summed E-state index contributed by atoms with van der Waals surface area (Å²) in [4.78, 5) is 29.3. The van der Waals surface area contributed by atoms with Crippen LogP contribution in [0.4, 0.5) is 0 Å². The second-order valence-corrected chi connectivity index (χ2v) is 9.70. The zero-order valence-electron chi connectivity index (χ0n) is 19.1. The molecule has 33 heavy (non-hydrogen) atoms. The lowest BCUT2D eigenvalue weighted by molar-refractivity contribution is 0.0612. The van der Waals surface area contributed by atoms with Crippen LogP contribution in [0.15, 0.2) is 36.7 Å². The van der Waals surface area contributed by atoms with Gasteiger partial charge in [0, 0.05) is 50.0 Å². The number of hydrogen-bond donors (Lipinski definition) is 1. The molecule has 1 amide bonds. The minimum atomic E-state index is -0.0219. The number of hydrogen-bond acceptors (Lipinski definition) is 5. The topological polar surface area (TPSA) is 94.9 Å². The van der Waals surface area contributed by atoms with Crippen LogP contribution in [0.3, 0.4) is 0 Å². The smallest absolute Gasteiger partial charge is 0.255 e. The number of nitrogens with two attached hydrogens (primary N) is 1. The van der Waals surface area contributed by atoms with E-state index in [2.05, 4.69) is 33.6 Å². The minimum absolute atomic E-state index is 0.0219. The molecular formula is C25H29N7O. The molecule has 0 spiro atoms. The van der Waals surface area contributed by atoms with E-state index in [0.29, 0.717) is 18.0 Å². The van der Waals surface area contributed by atoms with Crippen molar-refractivity contribution in [2.45, 2.75) is 51.2 Å². The molecule has 4 aromatic rings. The van der Waals surface area contributed by atoms with Crippen LogP contribution in [0.2, 0.25) is 0 Å². The van der Waals surface area contributed by atoms with E-state index in [-0.39, 0.29) is 18.0 Å². The van der Waals surface area contributed by atoms with Gasteiger partial charge in [-0.1, -0.05) is 0 Å². The summed E-state index contributed by atoms with van der Waals surface area (Å²) in [7, 11) is 1.98. The van der Waals surface area contributed by atoms with Crippen molar-refractivity contribution in [3.63, 3.8) is 0 Å². The second kappa shape index (κ2) is 7.66. The Balaban J connectivity index is 1.42. The van der Waals surface area contributed by atoms with Crippen molar-refractivity contribution in [3.8, 4) is 11.5 Å². The maximum atomic E-state index is 13.2. The Bertz CT molecular complexity index is 1370. The van der Waals surface area contributed by atoms with Gasteiger partial charge in [0.05, 0.1) is 11.3 Å². The summed E-state index contributed by atoms with van der Waals surface area (Å²) in [6.45, 7) is 3.62. The summed E-state index contributed by atoms with van der Waals surface area (Å²) in [6, 6.07) is 8.30. The number of nitrogens with zero attached hydrogens (tertiary/aromatic N) is 6. The molecule has 1 saturated heterocycles. The van der Waals surface area contributed by atoms with Gasteiger partial charge in [-0.05, 0) is 62.8 Å². The summed E-state index contributed by atoms with van der Waals surface area (Å²) in [5, 5.41) is 1.11. The number of aryl methyl sites for hydroxylation is 1. The van der Waals surface area contributed by atoms with Crippen LogP contribution in [-0.2, 0) is 13.6 Å². The largest absolute Gasteiger partial charge is 0.334 e. The average Bonchev–Trinajstić information content (AvgIpc) is 3.49. The zero-order valence-corrected chi connectivity index (χ0v) is 19.1. The Hall–Kier alpha value is -3.26. The fourth-order valence-electron chi connectivity index (χ4n) is 5.02. The quantitative estimate of drug-likeness (QED) is 0.522. The molecule has 170 valence electrons. The molecule has 1 aliphatic carbocycles. The molecule has 2 N–H and O–H groups in total. The summed E-state index contributed by atoms with van der Waals surface area (Å²) in [5.41, 5.74) is 10.2. The molecule has 8 nitrogen and oxygen atoms in total. The van der Waals surface area contributed by atoms with E-state index < -0.39 is 0 Å². The van der Waals surface area contributed by atoms with Crippen LogP contribution in [0.25, 0.3) is 33.7 Å². The lowest BCUT2D eigenvalue weighted by Gasteiger charge is -2.36. The lowest BCUT2D eigenvalue weighted by atomic mass is 9.99. The first-order valence-electron chi connectivity index (χ1n) is 11.8. The van der Waals surface area contributed by atoms with Gasteiger partial charge in [0.1, 0.15) is 11.2 Å². The summed E-state index contributed by atoms with van der Waals surface area (Å²) >= 11 is 0. The molecule has 2 aliphatic rings. The summed E-state index contributed by atoms with van der Waals surface area (Å²) in [5.74, 6) is 1.52. The van der Waals surface area contributed by atoms with E-state index in [1.165, 1.54) is 12.8 Å². The maximum absolute atomic E-state index is 13.2. The number of pyridine rings is 2. The first-order valence-corrected chi connectivity index (χ1v) is 11.8. The monoisotopic (exact) mass is 443 g/mol. The average molecular weight is 444 g/mol. The van der Waals surface area contributed by atoms with E-state index in [0.717, 1.165) is 53.1 Å². The van der Waals surface area contributed by atoms with Gasteiger partial charge in [-0.15, -0.1) is 0 Å². The molecule has 0 radical (unpaired) electrons. The van der Waals surface area contributed by atoms with Crippen LogP contribution in [0.1, 0.15) is 43.0 Å². The molecule has 1 saturated carbocycles.